The molecule has 1 aliphatic rings. The van der Waals surface area contributed by atoms with Crippen molar-refractivity contribution in [3.63, 3.8) is 0 Å². The van der Waals surface area contributed by atoms with Gasteiger partial charge in [0.05, 0.1) is 24.0 Å². The van der Waals surface area contributed by atoms with Crippen LogP contribution < -0.4 is 4.90 Å². The van der Waals surface area contributed by atoms with Gasteiger partial charge in [0.25, 0.3) is 0 Å². The zero-order valence-electron chi connectivity index (χ0n) is 8.86. The molecule has 1 aromatic rings. The first kappa shape index (κ1) is 10.6. The molecular weight excluding hydrogens is 212 g/mol. The van der Waals surface area contributed by atoms with Crippen molar-refractivity contribution in [3.8, 4) is 0 Å². The maximum absolute atomic E-state index is 5.66. The van der Waals surface area contributed by atoms with E-state index in [2.05, 4.69) is 26.8 Å². The normalized spacial score (nSPS) is 18.1. The summed E-state index contributed by atoms with van der Waals surface area (Å²) in [5.41, 5.74) is 0.828. The van der Waals surface area contributed by atoms with Gasteiger partial charge in [-0.1, -0.05) is 0 Å². The zero-order chi connectivity index (χ0) is 10.7. The van der Waals surface area contributed by atoms with Crippen molar-refractivity contribution in [2.24, 2.45) is 0 Å². The van der Waals surface area contributed by atoms with Crippen molar-refractivity contribution >= 4 is 17.4 Å². The topological polar surface area (TPSA) is 32.3 Å². The minimum atomic E-state index is 0.427. The molecule has 2 rings (SSSR count). The van der Waals surface area contributed by atoms with Gasteiger partial charge in [-0.05, 0) is 7.05 Å². The Kier molecular flexibility index (Phi) is 3.38. The average molecular weight is 227 g/mol. The third kappa shape index (κ3) is 2.58. The molecule has 0 spiro atoms. The van der Waals surface area contributed by atoms with Crippen molar-refractivity contribution in [1.29, 1.82) is 0 Å². The van der Waals surface area contributed by atoms with Crippen molar-refractivity contribution < 1.29 is 0 Å². The van der Waals surface area contributed by atoms with Crippen LogP contribution in [0.25, 0.3) is 0 Å². The number of hydrogen-bond acceptors (Lipinski definition) is 4. The van der Waals surface area contributed by atoms with Crippen LogP contribution in [0.15, 0.2) is 12.4 Å². The standard InChI is InChI=1S/C10H15ClN4/c1-14-2-4-15(5-3-14)10-8-12-9(6-11)7-13-10/h7-8H,2-6H2,1H3. The third-order valence-corrected chi connectivity index (χ3v) is 2.93. The van der Waals surface area contributed by atoms with Crippen LogP contribution in [0.1, 0.15) is 5.69 Å². The Hall–Kier alpha value is -0.870. The number of piperazine rings is 1. The van der Waals surface area contributed by atoms with Gasteiger partial charge in [0.15, 0.2) is 0 Å². The van der Waals surface area contributed by atoms with Gasteiger partial charge in [-0.25, -0.2) is 4.98 Å². The minimum Gasteiger partial charge on any atom is -0.353 e. The highest BCUT2D eigenvalue weighted by Crippen LogP contribution is 2.11. The van der Waals surface area contributed by atoms with E-state index in [9.17, 15) is 0 Å². The second-order valence-electron chi connectivity index (χ2n) is 3.79. The van der Waals surface area contributed by atoms with E-state index in [1.54, 1.807) is 6.20 Å². The van der Waals surface area contributed by atoms with E-state index in [0.717, 1.165) is 37.7 Å². The van der Waals surface area contributed by atoms with Gasteiger partial charge in [-0.15, -0.1) is 11.6 Å². The fraction of sp³-hybridized carbons (Fsp3) is 0.600. The molecule has 1 saturated heterocycles. The molecule has 0 atom stereocenters. The van der Waals surface area contributed by atoms with Crippen molar-refractivity contribution in [2.75, 3.05) is 38.1 Å². The first-order valence-electron chi connectivity index (χ1n) is 5.10. The first-order valence-corrected chi connectivity index (χ1v) is 5.63. The largest absolute Gasteiger partial charge is 0.353 e. The fourth-order valence-electron chi connectivity index (χ4n) is 1.62. The number of halogens is 1. The smallest absolute Gasteiger partial charge is 0.147 e. The first-order chi connectivity index (χ1) is 7.29. The van der Waals surface area contributed by atoms with Gasteiger partial charge in [0, 0.05) is 26.2 Å². The van der Waals surface area contributed by atoms with Crippen LogP contribution in [0.4, 0.5) is 5.82 Å². The Morgan fingerprint density at radius 2 is 1.93 bits per heavy atom. The molecule has 5 heteroatoms. The van der Waals surface area contributed by atoms with Gasteiger partial charge >= 0.3 is 0 Å². The van der Waals surface area contributed by atoms with Crippen molar-refractivity contribution in [2.45, 2.75) is 5.88 Å². The minimum absolute atomic E-state index is 0.427. The highest BCUT2D eigenvalue weighted by atomic mass is 35.5. The number of rotatable bonds is 2. The SMILES string of the molecule is CN1CCN(c2cnc(CCl)cn2)CC1. The van der Waals surface area contributed by atoms with E-state index in [4.69, 9.17) is 11.6 Å². The molecule has 82 valence electrons. The highest BCUT2D eigenvalue weighted by Gasteiger charge is 2.15. The average Bonchev–Trinajstić information content (AvgIpc) is 2.30. The Morgan fingerprint density at radius 3 is 2.47 bits per heavy atom. The molecule has 0 N–H and O–H groups in total. The Bertz CT molecular complexity index is 306. The molecule has 0 unspecified atom stereocenters. The second-order valence-corrected chi connectivity index (χ2v) is 4.06. The molecule has 0 radical (unpaired) electrons. The van der Waals surface area contributed by atoms with E-state index in [1.807, 2.05) is 6.20 Å². The molecule has 4 nitrogen and oxygen atoms in total. The maximum Gasteiger partial charge on any atom is 0.147 e. The molecule has 0 saturated carbocycles. The molecule has 15 heavy (non-hydrogen) atoms. The Balaban J connectivity index is 2.03. The maximum atomic E-state index is 5.66. The van der Waals surface area contributed by atoms with Gasteiger partial charge in [0.2, 0.25) is 0 Å². The van der Waals surface area contributed by atoms with E-state index in [1.165, 1.54) is 0 Å². The van der Waals surface area contributed by atoms with E-state index in [-0.39, 0.29) is 0 Å². The van der Waals surface area contributed by atoms with Gasteiger partial charge < -0.3 is 9.80 Å². The van der Waals surface area contributed by atoms with Gasteiger partial charge in [0.1, 0.15) is 5.82 Å². The quantitative estimate of drug-likeness (QED) is 0.704. The summed E-state index contributed by atoms with van der Waals surface area (Å²) in [5.74, 6) is 1.38. The third-order valence-electron chi connectivity index (χ3n) is 2.66. The molecule has 0 amide bonds. The Morgan fingerprint density at radius 1 is 1.20 bits per heavy atom. The van der Waals surface area contributed by atoms with E-state index in [0.29, 0.717) is 5.88 Å². The van der Waals surface area contributed by atoms with Crippen LogP contribution in [-0.4, -0.2) is 48.1 Å². The molecule has 1 fully saturated rings. The van der Waals surface area contributed by atoms with Crippen molar-refractivity contribution in [1.82, 2.24) is 14.9 Å². The van der Waals surface area contributed by atoms with Crippen LogP contribution in [0.3, 0.4) is 0 Å². The monoisotopic (exact) mass is 226 g/mol. The molecule has 1 aliphatic heterocycles. The van der Waals surface area contributed by atoms with Gasteiger partial charge in [-0.2, -0.15) is 0 Å². The predicted octanol–water partition coefficient (Wildman–Crippen LogP) is 0.967. The van der Waals surface area contributed by atoms with Gasteiger partial charge in [-0.3, -0.25) is 4.98 Å². The van der Waals surface area contributed by atoms with Crippen LogP contribution in [0, 0.1) is 0 Å². The summed E-state index contributed by atoms with van der Waals surface area (Å²) in [5, 5.41) is 0. The molecular formula is C10H15ClN4. The lowest BCUT2D eigenvalue weighted by molar-refractivity contribution is 0.312. The lowest BCUT2D eigenvalue weighted by Gasteiger charge is -2.32. The van der Waals surface area contributed by atoms with Crippen LogP contribution >= 0.6 is 11.6 Å². The highest BCUT2D eigenvalue weighted by molar-refractivity contribution is 6.16. The van der Waals surface area contributed by atoms with Crippen LogP contribution in [0.2, 0.25) is 0 Å². The number of hydrogen-bond donors (Lipinski definition) is 0. The van der Waals surface area contributed by atoms with Crippen molar-refractivity contribution in [3.05, 3.63) is 18.1 Å². The van der Waals surface area contributed by atoms with E-state index < -0.39 is 0 Å². The summed E-state index contributed by atoms with van der Waals surface area (Å²) in [6.07, 6.45) is 3.56. The number of likely N-dealkylation sites (N-methyl/N-ethyl adjacent to an activating group) is 1. The molecule has 0 aromatic carbocycles. The number of aromatic nitrogens is 2. The predicted molar refractivity (Wildman–Crippen MR) is 61.3 cm³/mol. The lowest BCUT2D eigenvalue weighted by atomic mass is 10.3. The summed E-state index contributed by atoms with van der Waals surface area (Å²) in [4.78, 5) is 13.2. The molecule has 2 heterocycles. The fourth-order valence-corrected chi connectivity index (χ4v) is 1.75. The summed E-state index contributed by atoms with van der Waals surface area (Å²) in [6.45, 7) is 4.20. The number of anilines is 1. The summed E-state index contributed by atoms with van der Waals surface area (Å²) < 4.78 is 0. The zero-order valence-corrected chi connectivity index (χ0v) is 9.61. The molecule has 0 bridgehead atoms. The summed E-state index contributed by atoms with van der Waals surface area (Å²) in [7, 11) is 2.14. The van der Waals surface area contributed by atoms with Crippen LogP contribution in [0.5, 0.6) is 0 Å². The summed E-state index contributed by atoms with van der Waals surface area (Å²) >= 11 is 5.66. The summed E-state index contributed by atoms with van der Waals surface area (Å²) in [6, 6.07) is 0. The second kappa shape index (κ2) is 4.77. The number of alkyl halides is 1. The lowest BCUT2D eigenvalue weighted by Crippen LogP contribution is -2.44. The number of nitrogens with zero attached hydrogens (tertiary/aromatic N) is 4. The molecule has 1 aromatic heterocycles. The van der Waals surface area contributed by atoms with Crippen LogP contribution in [-0.2, 0) is 5.88 Å². The van der Waals surface area contributed by atoms with E-state index >= 15 is 0 Å². The Labute approximate surface area is 94.9 Å². The molecule has 0 aliphatic carbocycles.